The van der Waals surface area contributed by atoms with E-state index in [9.17, 15) is 4.79 Å². The molecule has 1 heterocycles. The lowest BCUT2D eigenvalue weighted by atomic mass is 10.2. The van der Waals surface area contributed by atoms with Crippen molar-refractivity contribution in [1.29, 1.82) is 0 Å². The monoisotopic (exact) mass is 316 g/mol. The molecule has 2 rings (SSSR count). The van der Waals surface area contributed by atoms with E-state index in [0.29, 0.717) is 18.3 Å². The SMILES string of the molecule is CCOC(=O)CCOc1cccc(C=Nn2cc(C)nc2N)c1. The zero-order chi connectivity index (χ0) is 16.7. The summed E-state index contributed by atoms with van der Waals surface area (Å²) in [6, 6.07) is 7.39. The number of hydrogen-bond acceptors (Lipinski definition) is 6. The summed E-state index contributed by atoms with van der Waals surface area (Å²) in [5.74, 6) is 0.727. The number of esters is 1. The quantitative estimate of drug-likeness (QED) is 0.623. The number of nitrogen functional groups attached to an aromatic ring is 1. The standard InChI is InChI=1S/C16H20N4O3/c1-3-22-15(21)7-8-23-14-6-4-5-13(9-14)10-18-20-11-12(2)19-16(20)17/h4-6,9-11H,3,7-8H2,1-2H3,(H2,17,19). The van der Waals surface area contributed by atoms with Gasteiger partial charge in [-0.05, 0) is 31.5 Å². The summed E-state index contributed by atoms with van der Waals surface area (Å²) >= 11 is 0. The molecule has 7 heteroatoms. The van der Waals surface area contributed by atoms with Gasteiger partial charge in [0.2, 0.25) is 5.95 Å². The minimum Gasteiger partial charge on any atom is -0.493 e. The number of carbonyl (C=O) groups is 1. The third kappa shape index (κ3) is 5.14. The molecule has 1 aromatic heterocycles. The molecule has 1 aromatic carbocycles. The highest BCUT2D eigenvalue weighted by atomic mass is 16.5. The zero-order valence-electron chi connectivity index (χ0n) is 13.2. The van der Waals surface area contributed by atoms with Crippen molar-refractivity contribution in [2.75, 3.05) is 18.9 Å². The van der Waals surface area contributed by atoms with Crippen molar-refractivity contribution in [1.82, 2.24) is 9.66 Å². The van der Waals surface area contributed by atoms with Crippen LogP contribution in [0.3, 0.4) is 0 Å². The molecule has 122 valence electrons. The molecular formula is C16H20N4O3. The smallest absolute Gasteiger partial charge is 0.309 e. The number of imidazole rings is 1. The number of nitrogens with zero attached hydrogens (tertiary/aromatic N) is 3. The van der Waals surface area contributed by atoms with Crippen molar-refractivity contribution in [2.45, 2.75) is 20.3 Å². The summed E-state index contributed by atoms with van der Waals surface area (Å²) < 4.78 is 11.9. The number of ether oxygens (including phenoxy) is 2. The molecule has 23 heavy (non-hydrogen) atoms. The number of hydrogen-bond donors (Lipinski definition) is 1. The Morgan fingerprint density at radius 3 is 3.00 bits per heavy atom. The van der Waals surface area contributed by atoms with Crippen LogP contribution in [0.2, 0.25) is 0 Å². The van der Waals surface area contributed by atoms with Gasteiger partial charge in [-0.3, -0.25) is 4.79 Å². The van der Waals surface area contributed by atoms with E-state index >= 15 is 0 Å². The Morgan fingerprint density at radius 2 is 2.30 bits per heavy atom. The van der Waals surface area contributed by atoms with Crippen molar-refractivity contribution in [3.63, 3.8) is 0 Å². The van der Waals surface area contributed by atoms with Gasteiger partial charge in [-0.15, -0.1) is 0 Å². The molecule has 0 bridgehead atoms. The maximum absolute atomic E-state index is 11.2. The van der Waals surface area contributed by atoms with E-state index in [2.05, 4.69) is 10.1 Å². The van der Waals surface area contributed by atoms with Crippen LogP contribution in [0.4, 0.5) is 5.95 Å². The molecule has 0 saturated carbocycles. The third-order valence-corrected chi connectivity index (χ3v) is 2.90. The average molecular weight is 316 g/mol. The summed E-state index contributed by atoms with van der Waals surface area (Å²) in [4.78, 5) is 15.3. The largest absolute Gasteiger partial charge is 0.493 e. The van der Waals surface area contributed by atoms with Crippen molar-refractivity contribution >= 4 is 18.1 Å². The maximum Gasteiger partial charge on any atom is 0.309 e. The predicted octanol–water partition coefficient (Wildman–Crippen LogP) is 1.99. The first-order valence-electron chi connectivity index (χ1n) is 7.32. The average Bonchev–Trinajstić information content (AvgIpc) is 2.84. The molecule has 0 aliphatic heterocycles. The molecule has 0 aliphatic carbocycles. The molecular weight excluding hydrogens is 296 g/mol. The second kappa shape index (κ2) is 7.98. The van der Waals surface area contributed by atoms with Crippen molar-refractivity contribution in [3.8, 4) is 5.75 Å². The first-order chi connectivity index (χ1) is 11.1. The van der Waals surface area contributed by atoms with E-state index in [1.807, 2.05) is 31.2 Å². The van der Waals surface area contributed by atoms with Gasteiger partial charge in [0.05, 0.1) is 37.7 Å². The van der Waals surface area contributed by atoms with Crippen LogP contribution in [0.1, 0.15) is 24.6 Å². The number of aromatic nitrogens is 2. The summed E-state index contributed by atoms with van der Waals surface area (Å²) in [6.07, 6.45) is 3.62. The van der Waals surface area contributed by atoms with Gasteiger partial charge in [0.25, 0.3) is 0 Å². The number of rotatable bonds is 7. The van der Waals surface area contributed by atoms with E-state index in [4.69, 9.17) is 15.2 Å². The molecule has 2 N–H and O–H groups in total. The van der Waals surface area contributed by atoms with Crippen LogP contribution in [0.15, 0.2) is 35.6 Å². The van der Waals surface area contributed by atoms with Gasteiger partial charge >= 0.3 is 5.97 Å². The normalized spacial score (nSPS) is 10.9. The summed E-state index contributed by atoms with van der Waals surface area (Å²) in [5, 5.41) is 4.25. The highest BCUT2D eigenvalue weighted by molar-refractivity contribution is 5.80. The zero-order valence-corrected chi connectivity index (χ0v) is 13.2. The first-order valence-corrected chi connectivity index (χ1v) is 7.32. The van der Waals surface area contributed by atoms with E-state index in [-0.39, 0.29) is 19.0 Å². The van der Waals surface area contributed by atoms with Crippen molar-refractivity contribution in [2.24, 2.45) is 5.10 Å². The molecule has 0 aliphatic rings. The number of anilines is 1. The Kier molecular flexibility index (Phi) is 5.74. The van der Waals surface area contributed by atoms with E-state index in [0.717, 1.165) is 11.3 Å². The molecule has 0 unspecified atom stereocenters. The molecule has 0 radical (unpaired) electrons. The van der Waals surface area contributed by atoms with Crippen LogP contribution in [-0.4, -0.2) is 35.1 Å². The van der Waals surface area contributed by atoms with E-state index in [1.165, 1.54) is 4.68 Å². The highest BCUT2D eigenvalue weighted by Crippen LogP contribution is 2.13. The van der Waals surface area contributed by atoms with Crippen LogP contribution in [0, 0.1) is 6.92 Å². The minimum absolute atomic E-state index is 0.219. The van der Waals surface area contributed by atoms with Crippen molar-refractivity contribution in [3.05, 3.63) is 41.7 Å². The third-order valence-electron chi connectivity index (χ3n) is 2.90. The van der Waals surface area contributed by atoms with E-state index in [1.54, 1.807) is 19.3 Å². The first kappa shape index (κ1) is 16.5. The topological polar surface area (TPSA) is 91.7 Å². The fraction of sp³-hybridized carbons (Fsp3) is 0.312. The lowest BCUT2D eigenvalue weighted by Crippen LogP contribution is -2.09. The Labute approximate surface area is 134 Å². The molecule has 0 spiro atoms. The van der Waals surface area contributed by atoms with Crippen LogP contribution in [-0.2, 0) is 9.53 Å². The van der Waals surface area contributed by atoms with Crippen LogP contribution in [0.5, 0.6) is 5.75 Å². The van der Waals surface area contributed by atoms with Crippen LogP contribution in [0.25, 0.3) is 0 Å². The maximum atomic E-state index is 11.2. The summed E-state index contributed by atoms with van der Waals surface area (Å²) in [5.41, 5.74) is 7.38. The second-order valence-corrected chi connectivity index (χ2v) is 4.81. The summed E-state index contributed by atoms with van der Waals surface area (Å²) in [6.45, 7) is 4.27. The molecule has 2 aromatic rings. The fourth-order valence-electron chi connectivity index (χ4n) is 1.90. The molecule has 0 amide bonds. The molecule has 0 atom stereocenters. The number of benzene rings is 1. The summed E-state index contributed by atoms with van der Waals surface area (Å²) in [7, 11) is 0. The predicted molar refractivity (Wildman–Crippen MR) is 87.6 cm³/mol. The number of nitrogens with two attached hydrogens (primary N) is 1. The lowest BCUT2D eigenvalue weighted by molar-refractivity contribution is -0.143. The molecule has 0 saturated heterocycles. The molecule has 0 fully saturated rings. The van der Waals surface area contributed by atoms with Gasteiger partial charge in [0.15, 0.2) is 0 Å². The molecule has 7 nitrogen and oxygen atoms in total. The number of aryl methyl sites for hydroxylation is 1. The van der Waals surface area contributed by atoms with Gasteiger partial charge in [0, 0.05) is 0 Å². The Balaban J connectivity index is 1.94. The Morgan fingerprint density at radius 1 is 1.48 bits per heavy atom. The van der Waals surface area contributed by atoms with Crippen molar-refractivity contribution < 1.29 is 14.3 Å². The second-order valence-electron chi connectivity index (χ2n) is 4.81. The van der Waals surface area contributed by atoms with Gasteiger partial charge < -0.3 is 15.2 Å². The van der Waals surface area contributed by atoms with Gasteiger partial charge in [-0.1, -0.05) is 12.1 Å². The highest BCUT2D eigenvalue weighted by Gasteiger charge is 2.03. The fourth-order valence-corrected chi connectivity index (χ4v) is 1.90. The van der Waals surface area contributed by atoms with Crippen LogP contribution >= 0.6 is 0 Å². The van der Waals surface area contributed by atoms with Gasteiger partial charge in [-0.2, -0.15) is 5.10 Å². The minimum atomic E-state index is -0.267. The Hall–Kier alpha value is -2.83. The van der Waals surface area contributed by atoms with Crippen LogP contribution < -0.4 is 10.5 Å². The van der Waals surface area contributed by atoms with Gasteiger partial charge in [-0.25, -0.2) is 9.66 Å². The Bertz CT molecular complexity index is 694. The number of carbonyl (C=O) groups excluding carboxylic acids is 1. The van der Waals surface area contributed by atoms with E-state index < -0.39 is 0 Å². The lowest BCUT2D eigenvalue weighted by Gasteiger charge is -2.06. The van der Waals surface area contributed by atoms with Gasteiger partial charge in [0.1, 0.15) is 5.75 Å².